The minimum Gasteiger partial charge on any atom is -0.387 e. The lowest BCUT2D eigenvalue weighted by Gasteiger charge is -2.36. The average Bonchev–Trinajstić information content (AvgIpc) is 3.03. The summed E-state index contributed by atoms with van der Waals surface area (Å²) in [5, 5.41) is 11.6. The number of hydrazine groups is 1. The average molecular weight is 311 g/mol. The van der Waals surface area contributed by atoms with E-state index >= 15 is 0 Å². The van der Waals surface area contributed by atoms with Crippen LogP contribution in [0.2, 0.25) is 0 Å². The van der Waals surface area contributed by atoms with E-state index in [9.17, 15) is 4.79 Å². The molecule has 5 nitrogen and oxygen atoms in total. The number of rotatable bonds is 2. The molecule has 0 saturated carbocycles. The van der Waals surface area contributed by atoms with E-state index in [2.05, 4.69) is 53.3 Å². The van der Waals surface area contributed by atoms with Gasteiger partial charge in [0.2, 0.25) is 5.91 Å². The Labute approximate surface area is 135 Å². The molecule has 0 spiro atoms. The number of hydrogen-bond acceptors (Lipinski definition) is 4. The number of hydrogen-bond donors (Lipinski definition) is 3. The van der Waals surface area contributed by atoms with E-state index in [0.717, 1.165) is 6.42 Å². The van der Waals surface area contributed by atoms with Gasteiger partial charge in [-0.3, -0.25) is 10.2 Å². The Morgan fingerprint density at radius 1 is 1.17 bits per heavy atom. The fourth-order valence-corrected chi connectivity index (χ4v) is 3.96. The Kier molecular flexibility index (Phi) is 3.77. The molecule has 0 aliphatic carbocycles. The van der Waals surface area contributed by atoms with Crippen LogP contribution in [0.25, 0.3) is 10.8 Å². The standard InChI is InChI=1S/C18H21N3O2/c22-11-17(23)21-9-8-16-15(10-21)18(20-19-16)14-7-3-5-12-4-1-2-6-13(12)14/h1-7,15-16,18-20,22H,8-11H2. The van der Waals surface area contributed by atoms with Crippen molar-refractivity contribution in [2.75, 3.05) is 19.7 Å². The summed E-state index contributed by atoms with van der Waals surface area (Å²) >= 11 is 0. The summed E-state index contributed by atoms with van der Waals surface area (Å²) in [6.07, 6.45) is 0.907. The van der Waals surface area contributed by atoms with Crippen LogP contribution in [-0.4, -0.2) is 41.7 Å². The Morgan fingerprint density at radius 2 is 2.00 bits per heavy atom. The lowest BCUT2D eigenvalue weighted by atomic mass is 9.83. The summed E-state index contributed by atoms with van der Waals surface area (Å²) in [4.78, 5) is 13.6. The first-order valence-corrected chi connectivity index (χ1v) is 8.15. The first-order chi connectivity index (χ1) is 11.3. The second kappa shape index (κ2) is 5.92. The summed E-state index contributed by atoms with van der Waals surface area (Å²) in [6.45, 7) is 0.979. The number of carbonyl (C=O) groups is 1. The van der Waals surface area contributed by atoms with Gasteiger partial charge >= 0.3 is 0 Å². The van der Waals surface area contributed by atoms with Gasteiger partial charge in [0, 0.05) is 25.0 Å². The van der Waals surface area contributed by atoms with Crippen LogP contribution in [0.3, 0.4) is 0 Å². The number of aliphatic hydroxyl groups is 1. The Bertz CT molecular complexity index is 728. The van der Waals surface area contributed by atoms with Gasteiger partial charge in [0.15, 0.2) is 0 Å². The molecule has 23 heavy (non-hydrogen) atoms. The Morgan fingerprint density at radius 3 is 2.87 bits per heavy atom. The number of nitrogens with zero attached hydrogens (tertiary/aromatic N) is 1. The zero-order chi connectivity index (χ0) is 15.8. The van der Waals surface area contributed by atoms with Crippen LogP contribution in [0.4, 0.5) is 0 Å². The molecule has 2 aromatic carbocycles. The SMILES string of the molecule is O=C(CO)N1CCC2NNC(c3cccc4ccccc34)C2C1. The van der Waals surface area contributed by atoms with Gasteiger partial charge in [-0.1, -0.05) is 42.5 Å². The molecule has 2 heterocycles. The molecule has 3 N–H and O–H groups in total. The maximum absolute atomic E-state index is 11.8. The highest BCUT2D eigenvalue weighted by atomic mass is 16.3. The number of aliphatic hydroxyl groups excluding tert-OH is 1. The highest BCUT2D eigenvalue weighted by molar-refractivity contribution is 5.86. The van der Waals surface area contributed by atoms with Gasteiger partial charge in [0.1, 0.15) is 6.61 Å². The number of likely N-dealkylation sites (tertiary alicyclic amines) is 1. The maximum Gasteiger partial charge on any atom is 0.248 e. The van der Waals surface area contributed by atoms with Crippen molar-refractivity contribution in [3.8, 4) is 0 Å². The van der Waals surface area contributed by atoms with Gasteiger partial charge in [-0.05, 0) is 22.8 Å². The van der Waals surface area contributed by atoms with Crippen molar-refractivity contribution in [3.63, 3.8) is 0 Å². The number of amides is 1. The molecule has 0 bridgehead atoms. The predicted molar refractivity (Wildman–Crippen MR) is 88.5 cm³/mol. The van der Waals surface area contributed by atoms with Crippen molar-refractivity contribution >= 4 is 16.7 Å². The quantitative estimate of drug-likeness (QED) is 0.780. The van der Waals surface area contributed by atoms with E-state index in [1.165, 1.54) is 16.3 Å². The van der Waals surface area contributed by atoms with Crippen LogP contribution in [0.1, 0.15) is 18.0 Å². The normalized spacial score (nSPS) is 27.2. The van der Waals surface area contributed by atoms with Crippen LogP contribution in [0.15, 0.2) is 42.5 Å². The van der Waals surface area contributed by atoms with E-state index < -0.39 is 6.61 Å². The van der Waals surface area contributed by atoms with Gasteiger partial charge in [-0.2, -0.15) is 0 Å². The first-order valence-electron chi connectivity index (χ1n) is 8.15. The fourth-order valence-electron chi connectivity index (χ4n) is 3.96. The summed E-state index contributed by atoms with van der Waals surface area (Å²) in [7, 11) is 0. The third kappa shape index (κ3) is 2.51. The summed E-state index contributed by atoms with van der Waals surface area (Å²) < 4.78 is 0. The third-order valence-corrected chi connectivity index (χ3v) is 5.16. The number of fused-ring (bicyclic) bond motifs is 2. The zero-order valence-electron chi connectivity index (χ0n) is 12.9. The van der Waals surface area contributed by atoms with Crippen LogP contribution in [0.5, 0.6) is 0 Å². The van der Waals surface area contributed by atoms with E-state index in [1.807, 2.05) is 0 Å². The molecule has 2 saturated heterocycles. The van der Waals surface area contributed by atoms with Crippen molar-refractivity contribution in [2.45, 2.75) is 18.5 Å². The fraction of sp³-hybridized carbons (Fsp3) is 0.389. The van der Waals surface area contributed by atoms with Gasteiger partial charge < -0.3 is 10.0 Å². The molecule has 120 valence electrons. The number of piperidine rings is 1. The maximum atomic E-state index is 11.8. The molecule has 0 radical (unpaired) electrons. The van der Waals surface area contributed by atoms with Crippen molar-refractivity contribution in [2.24, 2.45) is 5.92 Å². The minimum atomic E-state index is -0.406. The van der Waals surface area contributed by atoms with E-state index in [1.54, 1.807) is 4.90 Å². The number of carbonyl (C=O) groups excluding carboxylic acids is 1. The minimum absolute atomic E-state index is 0.167. The molecular formula is C18H21N3O2. The molecule has 3 atom stereocenters. The van der Waals surface area contributed by atoms with Crippen LogP contribution >= 0.6 is 0 Å². The zero-order valence-corrected chi connectivity index (χ0v) is 12.9. The molecular weight excluding hydrogens is 290 g/mol. The molecule has 2 aromatic rings. The lowest BCUT2D eigenvalue weighted by Crippen LogP contribution is -2.48. The van der Waals surface area contributed by atoms with Crippen LogP contribution in [0, 0.1) is 5.92 Å². The highest BCUT2D eigenvalue weighted by Gasteiger charge is 2.41. The summed E-state index contributed by atoms with van der Waals surface area (Å²) in [6, 6.07) is 15.3. The predicted octanol–water partition coefficient (Wildman–Crippen LogP) is 1.20. The largest absolute Gasteiger partial charge is 0.387 e. The second-order valence-corrected chi connectivity index (χ2v) is 6.39. The van der Waals surface area contributed by atoms with Crippen LogP contribution < -0.4 is 10.9 Å². The molecule has 1 amide bonds. The Balaban J connectivity index is 1.67. The summed E-state index contributed by atoms with van der Waals surface area (Å²) in [5.41, 5.74) is 8.10. The molecule has 2 fully saturated rings. The van der Waals surface area contributed by atoms with Crippen molar-refractivity contribution in [1.82, 2.24) is 15.8 Å². The van der Waals surface area contributed by atoms with Crippen molar-refractivity contribution < 1.29 is 9.90 Å². The highest BCUT2D eigenvalue weighted by Crippen LogP contribution is 2.36. The number of nitrogens with one attached hydrogen (secondary N) is 2. The molecule has 3 unspecified atom stereocenters. The van der Waals surface area contributed by atoms with E-state index in [-0.39, 0.29) is 11.9 Å². The molecule has 5 heteroatoms. The van der Waals surface area contributed by atoms with E-state index in [0.29, 0.717) is 25.0 Å². The van der Waals surface area contributed by atoms with Gasteiger partial charge in [-0.15, -0.1) is 0 Å². The van der Waals surface area contributed by atoms with Crippen LogP contribution in [-0.2, 0) is 4.79 Å². The first kappa shape index (κ1) is 14.6. The molecule has 2 aliphatic heterocycles. The monoisotopic (exact) mass is 311 g/mol. The molecule has 0 aromatic heterocycles. The van der Waals surface area contributed by atoms with E-state index in [4.69, 9.17) is 5.11 Å². The third-order valence-electron chi connectivity index (χ3n) is 5.16. The second-order valence-electron chi connectivity index (χ2n) is 6.39. The van der Waals surface area contributed by atoms with Crippen molar-refractivity contribution in [3.05, 3.63) is 48.0 Å². The van der Waals surface area contributed by atoms with Crippen molar-refractivity contribution in [1.29, 1.82) is 0 Å². The van der Waals surface area contributed by atoms with Gasteiger partial charge in [0.25, 0.3) is 0 Å². The summed E-state index contributed by atoms with van der Waals surface area (Å²) in [5.74, 6) is 0.136. The molecule has 4 rings (SSSR count). The smallest absolute Gasteiger partial charge is 0.248 e. The van der Waals surface area contributed by atoms with Gasteiger partial charge in [-0.25, -0.2) is 5.43 Å². The molecule has 2 aliphatic rings. The lowest BCUT2D eigenvalue weighted by molar-refractivity contribution is -0.136. The number of benzene rings is 2. The Hall–Kier alpha value is -1.95. The van der Waals surface area contributed by atoms with Gasteiger partial charge in [0.05, 0.1) is 6.04 Å². The topological polar surface area (TPSA) is 64.6 Å².